The molecule has 31 heavy (non-hydrogen) atoms. The number of methoxy groups -OCH3 is 2. The van der Waals surface area contributed by atoms with E-state index in [0.717, 1.165) is 28.2 Å². The van der Waals surface area contributed by atoms with Crippen molar-refractivity contribution in [3.63, 3.8) is 0 Å². The minimum atomic E-state index is -0.423. The standard InChI is InChI=1S/C25H24FNO4/c1-29-19-7-3-17(4-8-19)15-27-24(28)14-11-21-23(13-12-22(26)25(21)27)31-16-18-5-9-20(30-2)10-6-18/h3-10,12-13H,11,14-16H2,1-2H3. The SMILES string of the molecule is COc1ccc(COc2ccc(F)c3c2CCC(=O)N3Cc2ccc(OC)cc2)cc1. The lowest BCUT2D eigenvalue weighted by molar-refractivity contribution is -0.119. The van der Waals surface area contributed by atoms with Crippen molar-refractivity contribution in [2.24, 2.45) is 0 Å². The van der Waals surface area contributed by atoms with Gasteiger partial charge in [-0.15, -0.1) is 0 Å². The number of fused-ring (bicyclic) bond motifs is 1. The molecule has 3 aromatic rings. The van der Waals surface area contributed by atoms with Gasteiger partial charge < -0.3 is 19.1 Å². The lowest BCUT2D eigenvalue weighted by atomic mass is 9.98. The average Bonchev–Trinajstić information content (AvgIpc) is 2.81. The number of anilines is 1. The molecule has 160 valence electrons. The highest BCUT2D eigenvalue weighted by Crippen LogP contribution is 2.38. The first kappa shape index (κ1) is 20.7. The van der Waals surface area contributed by atoms with Gasteiger partial charge in [0.15, 0.2) is 0 Å². The number of ether oxygens (including phenoxy) is 3. The summed E-state index contributed by atoms with van der Waals surface area (Å²) in [5.74, 6) is 1.58. The summed E-state index contributed by atoms with van der Waals surface area (Å²) < 4.78 is 31.2. The first-order valence-corrected chi connectivity index (χ1v) is 10.1. The van der Waals surface area contributed by atoms with E-state index in [-0.39, 0.29) is 12.5 Å². The molecule has 0 saturated heterocycles. The van der Waals surface area contributed by atoms with E-state index in [9.17, 15) is 9.18 Å². The second kappa shape index (κ2) is 9.08. The largest absolute Gasteiger partial charge is 0.497 e. The maximum Gasteiger partial charge on any atom is 0.227 e. The highest BCUT2D eigenvalue weighted by molar-refractivity contribution is 5.97. The van der Waals surface area contributed by atoms with E-state index < -0.39 is 5.82 Å². The molecule has 0 unspecified atom stereocenters. The second-order valence-electron chi connectivity index (χ2n) is 7.34. The first-order chi connectivity index (χ1) is 15.1. The molecule has 0 radical (unpaired) electrons. The molecule has 1 amide bonds. The van der Waals surface area contributed by atoms with Gasteiger partial charge in [-0.25, -0.2) is 4.39 Å². The number of carbonyl (C=O) groups excluding carboxylic acids is 1. The smallest absolute Gasteiger partial charge is 0.227 e. The van der Waals surface area contributed by atoms with Crippen LogP contribution in [0.5, 0.6) is 17.2 Å². The van der Waals surface area contributed by atoms with Crippen LogP contribution < -0.4 is 19.1 Å². The fraction of sp³-hybridized carbons (Fsp3) is 0.240. The number of benzene rings is 3. The molecule has 0 spiro atoms. The van der Waals surface area contributed by atoms with Crippen LogP contribution in [0.25, 0.3) is 0 Å². The molecule has 4 rings (SSSR count). The van der Waals surface area contributed by atoms with Crippen molar-refractivity contribution in [3.8, 4) is 17.2 Å². The minimum Gasteiger partial charge on any atom is -0.497 e. The van der Waals surface area contributed by atoms with Gasteiger partial charge in [-0.2, -0.15) is 0 Å². The predicted octanol–water partition coefficient (Wildman–Crippen LogP) is 4.90. The van der Waals surface area contributed by atoms with Crippen LogP contribution in [0, 0.1) is 5.82 Å². The Bertz CT molecular complexity index is 1060. The normalized spacial score (nSPS) is 13.0. The molecule has 0 aromatic heterocycles. The molecule has 0 aliphatic carbocycles. The molecule has 6 heteroatoms. The fourth-order valence-corrected chi connectivity index (χ4v) is 3.71. The molecule has 0 atom stereocenters. The number of amides is 1. The van der Waals surface area contributed by atoms with Gasteiger partial charge in [-0.1, -0.05) is 24.3 Å². The van der Waals surface area contributed by atoms with Crippen molar-refractivity contribution in [2.45, 2.75) is 26.0 Å². The molecule has 0 fully saturated rings. The zero-order valence-electron chi connectivity index (χ0n) is 17.6. The first-order valence-electron chi connectivity index (χ1n) is 10.1. The van der Waals surface area contributed by atoms with Crippen LogP contribution in [0.3, 0.4) is 0 Å². The van der Waals surface area contributed by atoms with Crippen molar-refractivity contribution in [1.29, 1.82) is 0 Å². The van der Waals surface area contributed by atoms with Gasteiger partial charge in [-0.05, 0) is 53.9 Å². The topological polar surface area (TPSA) is 48.0 Å². The highest BCUT2D eigenvalue weighted by Gasteiger charge is 2.30. The number of halogens is 1. The highest BCUT2D eigenvalue weighted by atomic mass is 19.1. The van der Waals surface area contributed by atoms with Crippen LogP contribution in [0.1, 0.15) is 23.1 Å². The van der Waals surface area contributed by atoms with E-state index in [0.29, 0.717) is 30.9 Å². The summed E-state index contributed by atoms with van der Waals surface area (Å²) in [6.07, 6.45) is 0.758. The van der Waals surface area contributed by atoms with Gasteiger partial charge >= 0.3 is 0 Å². The van der Waals surface area contributed by atoms with Gasteiger partial charge in [0.05, 0.1) is 26.5 Å². The van der Waals surface area contributed by atoms with Crippen LogP contribution in [0.2, 0.25) is 0 Å². The van der Waals surface area contributed by atoms with Crippen LogP contribution in [0.15, 0.2) is 60.7 Å². The Morgan fingerprint density at radius 3 is 2.06 bits per heavy atom. The number of rotatable bonds is 7. The Kier molecular flexibility index (Phi) is 6.07. The zero-order chi connectivity index (χ0) is 21.8. The predicted molar refractivity (Wildman–Crippen MR) is 116 cm³/mol. The average molecular weight is 421 g/mol. The lowest BCUT2D eigenvalue weighted by Gasteiger charge is -2.31. The number of hydrogen-bond acceptors (Lipinski definition) is 4. The van der Waals surface area contributed by atoms with Crippen molar-refractivity contribution in [1.82, 2.24) is 0 Å². The van der Waals surface area contributed by atoms with Crippen LogP contribution in [-0.2, 0) is 24.4 Å². The molecule has 3 aromatic carbocycles. The monoisotopic (exact) mass is 421 g/mol. The molecule has 0 N–H and O–H groups in total. The van der Waals surface area contributed by atoms with Gasteiger partial charge in [0.25, 0.3) is 0 Å². The fourth-order valence-electron chi connectivity index (χ4n) is 3.71. The Morgan fingerprint density at radius 2 is 1.45 bits per heavy atom. The maximum atomic E-state index is 14.9. The Balaban J connectivity index is 1.58. The number of hydrogen-bond donors (Lipinski definition) is 0. The summed E-state index contributed by atoms with van der Waals surface area (Å²) in [7, 11) is 3.22. The molecule has 1 heterocycles. The molecular formula is C25H24FNO4. The lowest BCUT2D eigenvalue weighted by Crippen LogP contribution is -2.35. The third-order valence-electron chi connectivity index (χ3n) is 5.40. The van der Waals surface area contributed by atoms with Gasteiger partial charge in [0.1, 0.15) is 29.7 Å². The van der Waals surface area contributed by atoms with Crippen molar-refractivity contribution in [3.05, 3.63) is 83.2 Å². The summed E-state index contributed by atoms with van der Waals surface area (Å²) in [5.41, 5.74) is 2.90. The van der Waals surface area contributed by atoms with E-state index in [1.54, 1.807) is 20.3 Å². The zero-order valence-corrected chi connectivity index (χ0v) is 17.6. The summed E-state index contributed by atoms with van der Waals surface area (Å²) >= 11 is 0. The maximum absolute atomic E-state index is 14.9. The molecule has 0 saturated carbocycles. The molecule has 5 nitrogen and oxygen atoms in total. The summed E-state index contributed by atoms with van der Waals surface area (Å²) in [4.78, 5) is 14.2. The molecular weight excluding hydrogens is 397 g/mol. The van der Waals surface area contributed by atoms with Gasteiger partial charge in [0, 0.05) is 12.0 Å². The van der Waals surface area contributed by atoms with E-state index in [2.05, 4.69) is 0 Å². The molecule has 0 bridgehead atoms. The van der Waals surface area contributed by atoms with Crippen molar-refractivity contribution >= 4 is 11.6 Å². The summed E-state index contributed by atoms with van der Waals surface area (Å²) in [6.45, 7) is 0.628. The third-order valence-corrected chi connectivity index (χ3v) is 5.40. The van der Waals surface area contributed by atoms with Gasteiger partial charge in [-0.3, -0.25) is 4.79 Å². The Morgan fingerprint density at radius 1 is 0.839 bits per heavy atom. The summed E-state index contributed by atoms with van der Waals surface area (Å²) in [6, 6.07) is 18.0. The number of nitrogens with zero attached hydrogens (tertiary/aromatic N) is 1. The Hall–Kier alpha value is -3.54. The van der Waals surface area contributed by atoms with Crippen molar-refractivity contribution < 1.29 is 23.4 Å². The molecule has 1 aliphatic rings. The van der Waals surface area contributed by atoms with E-state index in [1.165, 1.54) is 11.0 Å². The van der Waals surface area contributed by atoms with Crippen LogP contribution in [0.4, 0.5) is 10.1 Å². The summed E-state index contributed by atoms with van der Waals surface area (Å²) in [5, 5.41) is 0. The van der Waals surface area contributed by atoms with Crippen LogP contribution in [-0.4, -0.2) is 20.1 Å². The van der Waals surface area contributed by atoms with Crippen molar-refractivity contribution in [2.75, 3.05) is 19.1 Å². The second-order valence-corrected chi connectivity index (χ2v) is 7.34. The quantitative estimate of drug-likeness (QED) is 0.544. The Labute approximate surface area is 181 Å². The van der Waals surface area contributed by atoms with Gasteiger partial charge in [0.2, 0.25) is 5.91 Å². The number of carbonyl (C=O) groups is 1. The van der Waals surface area contributed by atoms with E-state index in [1.807, 2.05) is 48.5 Å². The minimum absolute atomic E-state index is 0.102. The molecule has 1 aliphatic heterocycles. The van der Waals surface area contributed by atoms with E-state index >= 15 is 0 Å². The van der Waals surface area contributed by atoms with Crippen LogP contribution >= 0.6 is 0 Å². The van der Waals surface area contributed by atoms with E-state index in [4.69, 9.17) is 14.2 Å². The third kappa shape index (κ3) is 4.48.